The van der Waals surface area contributed by atoms with E-state index >= 15 is 0 Å². The summed E-state index contributed by atoms with van der Waals surface area (Å²) < 4.78 is 7.06. The lowest BCUT2D eigenvalue weighted by molar-refractivity contribution is -0.139. The molecule has 0 fully saturated rings. The molecule has 2 aromatic carbocycles. The summed E-state index contributed by atoms with van der Waals surface area (Å²) in [5, 5.41) is 0.409. The molecule has 0 spiro atoms. The number of allylic oxidation sites excluding steroid dienone is 1. The Labute approximate surface area is 210 Å². The van der Waals surface area contributed by atoms with Crippen molar-refractivity contribution >= 4 is 46.1 Å². The number of anilines is 1. The standard InChI is InChI=1S/C26H22ClN3O4S/c1-4-29-18-13-9-7-11-16(18)20(23(29)31)22-24(32)30-21(15-10-6-8-12-17(15)27)19(25(33)34-5-2)14(3)28-26(30)35-22/h6-13,21H,4-5H2,1-3H3/t21-/m0/s1. The minimum atomic E-state index is -0.831. The molecule has 0 N–H and O–H groups in total. The van der Waals surface area contributed by atoms with Gasteiger partial charge < -0.3 is 9.64 Å². The number of para-hydroxylation sites is 1. The molecule has 178 valence electrons. The maximum atomic E-state index is 14.0. The number of ether oxygens (including phenoxy) is 1. The topological polar surface area (TPSA) is 81.0 Å². The largest absolute Gasteiger partial charge is 0.463 e. The minimum absolute atomic E-state index is 0.178. The predicted molar refractivity (Wildman–Crippen MR) is 135 cm³/mol. The molecule has 0 aliphatic carbocycles. The molecule has 0 radical (unpaired) electrons. The molecule has 35 heavy (non-hydrogen) atoms. The normalized spacial score (nSPS) is 18.3. The number of thiazole rings is 1. The Morgan fingerprint density at radius 1 is 1.11 bits per heavy atom. The zero-order valence-corrected chi connectivity index (χ0v) is 20.9. The summed E-state index contributed by atoms with van der Waals surface area (Å²) in [4.78, 5) is 47.0. The molecule has 1 aromatic heterocycles. The zero-order chi connectivity index (χ0) is 24.9. The summed E-state index contributed by atoms with van der Waals surface area (Å²) in [7, 11) is 0. The molecular formula is C26H22ClN3O4S. The van der Waals surface area contributed by atoms with Crippen molar-refractivity contribution < 1.29 is 14.3 Å². The SMILES string of the molecule is CCOC(=O)C1=C(C)N=c2sc(=C3C(=O)N(CC)c4ccccc43)c(=O)n2[C@H]1c1ccccc1Cl. The summed E-state index contributed by atoms with van der Waals surface area (Å²) in [6.07, 6.45) is 0. The average Bonchev–Trinajstić information content (AvgIpc) is 3.30. The molecule has 1 amide bonds. The molecule has 3 heterocycles. The Hall–Kier alpha value is -3.49. The van der Waals surface area contributed by atoms with Gasteiger partial charge >= 0.3 is 5.97 Å². The van der Waals surface area contributed by atoms with E-state index in [1.807, 2.05) is 31.2 Å². The Bertz CT molecular complexity index is 1600. The number of likely N-dealkylation sites (N-methyl/N-ethyl adjacent to an activating group) is 1. The third-order valence-corrected chi connectivity index (χ3v) is 7.56. The van der Waals surface area contributed by atoms with Crippen LogP contribution in [0.3, 0.4) is 0 Å². The third kappa shape index (κ3) is 3.56. The lowest BCUT2D eigenvalue weighted by Gasteiger charge is -2.25. The van der Waals surface area contributed by atoms with Gasteiger partial charge in [-0.1, -0.05) is 59.3 Å². The van der Waals surface area contributed by atoms with Gasteiger partial charge in [0.2, 0.25) is 0 Å². The van der Waals surface area contributed by atoms with Crippen molar-refractivity contribution in [3.63, 3.8) is 0 Å². The monoisotopic (exact) mass is 507 g/mol. The lowest BCUT2D eigenvalue weighted by Crippen LogP contribution is -2.41. The first-order valence-corrected chi connectivity index (χ1v) is 12.5. The van der Waals surface area contributed by atoms with E-state index in [9.17, 15) is 14.4 Å². The Kier molecular flexibility index (Phi) is 5.94. The van der Waals surface area contributed by atoms with Crippen LogP contribution < -0.4 is 19.8 Å². The molecule has 0 saturated carbocycles. The van der Waals surface area contributed by atoms with Crippen molar-refractivity contribution in [2.24, 2.45) is 4.99 Å². The van der Waals surface area contributed by atoms with Gasteiger partial charge in [-0.15, -0.1) is 0 Å². The van der Waals surface area contributed by atoms with Crippen LogP contribution in [0.1, 0.15) is 37.9 Å². The number of aromatic nitrogens is 1. The Morgan fingerprint density at radius 3 is 2.54 bits per heavy atom. The van der Waals surface area contributed by atoms with E-state index in [1.54, 1.807) is 43.0 Å². The van der Waals surface area contributed by atoms with Crippen molar-refractivity contribution in [1.82, 2.24) is 4.57 Å². The highest BCUT2D eigenvalue weighted by Crippen LogP contribution is 2.36. The number of rotatable bonds is 4. The number of amides is 1. The molecule has 2 aliphatic heterocycles. The average molecular weight is 508 g/mol. The van der Waals surface area contributed by atoms with E-state index in [0.29, 0.717) is 38.8 Å². The summed E-state index contributed by atoms with van der Waals surface area (Å²) in [6, 6.07) is 13.7. The smallest absolute Gasteiger partial charge is 0.338 e. The van der Waals surface area contributed by atoms with E-state index in [0.717, 1.165) is 17.0 Å². The summed E-state index contributed by atoms with van der Waals surface area (Å²) in [5.74, 6) is -0.786. The van der Waals surface area contributed by atoms with Crippen LogP contribution in [0.5, 0.6) is 0 Å². The highest BCUT2D eigenvalue weighted by molar-refractivity contribution is 7.07. The summed E-state index contributed by atoms with van der Waals surface area (Å²) >= 11 is 7.69. The highest BCUT2D eigenvalue weighted by Gasteiger charge is 2.37. The number of hydrogen-bond donors (Lipinski definition) is 0. The van der Waals surface area contributed by atoms with Crippen LogP contribution >= 0.6 is 22.9 Å². The second kappa shape index (κ2) is 8.94. The first-order chi connectivity index (χ1) is 16.9. The first-order valence-electron chi connectivity index (χ1n) is 11.3. The maximum absolute atomic E-state index is 14.0. The van der Waals surface area contributed by atoms with Crippen LogP contribution in [-0.2, 0) is 14.3 Å². The summed E-state index contributed by atoms with van der Waals surface area (Å²) in [6.45, 7) is 5.98. The molecule has 5 rings (SSSR count). The van der Waals surface area contributed by atoms with E-state index in [2.05, 4.69) is 4.99 Å². The van der Waals surface area contributed by atoms with E-state index in [-0.39, 0.29) is 22.6 Å². The Balaban J connectivity index is 1.85. The molecule has 9 heteroatoms. The minimum Gasteiger partial charge on any atom is -0.463 e. The zero-order valence-electron chi connectivity index (χ0n) is 19.4. The van der Waals surface area contributed by atoms with Crippen molar-refractivity contribution in [2.75, 3.05) is 18.1 Å². The van der Waals surface area contributed by atoms with Gasteiger partial charge in [0.05, 0.1) is 29.1 Å². The third-order valence-electron chi connectivity index (χ3n) is 6.16. The number of carbonyl (C=O) groups is 2. The number of benzene rings is 2. The quantitative estimate of drug-likeness (QED) is 0.508. The number of esters is 1. The van der Waals surface area contributed by atoms with Crippen molar-refractivity contribution in [1.29, 1.82) is 0 Å². The van der Waals surface area contributed by atoms with Crippen molar-refractivity contribution in [3.8, 4) is 0 Å². The van der Waals surface area contributed by atoms with Crippen molar-refractivity contribution in [3.05, 3.63) is 95.6 Å². The van der Waals surface area contributed by atoms with Crippen molar-refractivity contribution in [2.45, 2.75) is 26.8 Å². The molecule has 1 atom stereocenters. The van der Waals surface area contributed by atoms with Gasteiger partial charge in [-0.05, 0) is 38.5 Å². The number of fused-ring (bicyclic) bond motifs is 2. The van der Waals surface area contributed by atoms with Gasteiger partial charge in [-0.3, -0.25) is 14.2 Å². The molecule has 0 unspecified atom stereocenters. The van der Waals surface area contributed by atoms with E-state index < -0.39 is 17.6 Å². The van der Waals surface area contributed by atoms with Crippen LogP contribution in [0.4, 0.5) is 5.69 Å². The highest BCUT2D eigenvalue weighted by atomic mass is 35.5. The molecule has 3 aromatic rings. The summed E-state index contributed by atoms with van der Waals surface area (Å²) in [5.41, 5.74) is 2.70. The van der Waals surface area contributed by atoms with Gasteiger partial charge in [0, 0.05) is 17.1 Å². The van der Waals surface area contributed by atoms with E-state index in [4.69, 9.17) is 16.3 Å². The van der Waals surface area contributed by atoms with Gasteiger partial charge in [-0.25, -0.2) is 9.79 Å². The second-order valence-electron chi connectivity index (χ2n) is 8.09. The fraction of sp³-hybridized carbons (Fsp3) is 0.231. The van der Waals surface area contributed by atoms with Gasteiger partial charge in [-0.2, -0.15) is 0 Å². The van der Waals surface area contributed by atoms with Crippen LogP contribution in [0.2, 0.25) is 5.02 Å². The second-order valence-corrected chi connectivity index (χ2v) is 9.47. The lowest BCUT2D eigenvalue weighted by atomic mass is 9.96. The van der Waals surface area contributed by atoms with Crippen LogP contribution in [0.15, 0.2) is 69.6 Å². The molecular weight excluding hydrogens is 486 g/mol. The van der Waals surface area contributed by atoms with Crippen LogP contribution in [0.25, 0.3) is 5.57 Å². The number of halogens is 1. The fourth-order valence-electron chi connectivity index (χ4n) is 4.65. The van der Waals surface area contributed by atoms with Gasteiger partial charge in [0.25, 0.3) is 11.5 Å². The van der Waals surface area contributed by atoms with Crippen LogP contribution in [0, 0.1) is 0 Å². The molecule has 0 bridgehead atoms. The molecule has 7 nitrogen and oxygen atoms in total. The predicted octanol–water partition coefficient (Wildman–Crippen LogP) is 3.19. The van der Waals surface area contributed by atoms with Gasteiger partial charge in [0.1, 0.15) is 10.6 Å². The van der Waals surface area contributed by atoms with Crippen LogP contribution in [-0.4, -0.2) is 29.6 Å². The van der Waals surface area contributed by atoms with E-state index in [1.165, 1.54) is 4.57 Å². The molecule has 0 saturated heterocycles. The number of hydrogen-bond acceptors (Lipinski definition) is 6. The van der Waals surface area contributed by atoms with Gasteiger partial charge in [0.15, 0.2) is 4.80 Å². The number of nitrogens with zero attached hydrogens (tertiary/aromatic N) is 3. The fourth-order valence-corrected chi connectivity index (χ4v) is 6.02. The first kappa shape index (κ1) is 23.3. The maximum Gasteiger partial charge on any atom is 0.338 e. The number of carbonyl (C=O) groups excluding carboxylic acids is 2. The Morgan fingerprint density at radius 2 is 1.83 bits per heavy atom. The molecule has 2 aliphatic rings.